The summed E-state index contributed by atoms with van der Waals surface area (Å²) in [6.07, 6.45) is 1.61. The lowest BCUT2D eigenvalue weighted by Gasteiger charge is -2.30. The van der Waals surface area contributed by atoms with Gasteiger partial charge in [-0.15, -0.1) is 10.2 Å². The van der Waals surface area contributed by atoms with Gasteiger partial charge >= 0.3 is 12.1 Å². The van der Waals surface area contributed by atoms with Gasteiger partial charge < -0.3 is 13.9 Å². The number of carbonyl (C=O) groups excluding carboxylic acids is 1. The Hall–Kier alpha value is -3.17. The number of hydrogen-bond donors (Lipinski definition) is 0. The molecule has 1 aliphatic heterocycles. The highest BCUT2D eigenvalue weighted by molar-refractivity contribution is 5.94. The van der Waals surface area contributed by atoms with Crippen LogP contribution in [-0.4, -0.2) is 43.6 Å². The van der Waals surface area contributed by atoms with Crippen LogP contribution in [0.3, 0.4) is 0 Å². The van der Waals surface area contributed by atoms with Gasteiger partial charge in [0.1, 0.15) is 0 Å². The van der Waals surface area contributed by atoms with E-state index in [1.54, 1.807) is 29.6 Å². The van der Waals surface area contributed by atoms with Crippen molar-refractivity contribution in [1.29, 1.82) is 0 Å². The summed E-state index contributed by atoms with van der Waals surface area (Å²) >= 11 is 0. The van der Waals surface area contributed by atoms with Crippen molar-refractivity contribution < 1.29 is 22.4 Å². The van der Waals surface area contributed by atoms with Crippen LogP contribution >= 0.6 is 0 Å². The van der Waals surface area contributed by atoms with Gasteiger partial charge in [0.05, 0.1) is 6.33 Å². The summed E-state index contributed by atoms with van der Waals surface area (Å²) in [5.74, 6) is -1.73. The van der Waals surface area contributed by atoms with E-state index in [-0.39, 0.29) is 17.7 Å². The predicted molar refractivity (Wildman–Crippen MR) is 94.9 cm³/mol. The minimum absolute atomic E-state index is 0.0201. The van der Waals surface area contributed by atoms with Gasteiger partial charge in [0.2, 0.25) is 5.89 Å². The number of likely N-dealkylation sites (tertiary alicyclic amines) is 1. The summed E-state index contributed by atoms with van der Waals surface area (Å²) in [4.78, 5) is 18.4. The standard InChI is InChI=1S/C19H18F3N5O2/c20-19(21,22)18-25-24-16(29-18)14-5-8-27(9-6-14)17(28)15-3-1-13(2-4-15)11-26-10-7-23-12-26/h1-4,7,10,12,14H,5-6,8-9,11H2. The van der Waals surface area contributed by atoms with Gasteiger partial charge in [-0.3, -0.25) is 4.79 Å². The van der Waals surface area contributed by atoms with E-state index in [0.717, 1.165) is 5.56 Å². The van der Waals surface area contributed by atoms with Crippen molar-refractivity contribution in [1.82, 2.24) is 24.6 Å². The Morgan fingerprint density at radius 2 is 1.86 bits per heavy atom. The first-order valence-electron chi connectivity index (χ1n) is 9.15. The lowest BCUT2D eigenvalue weighted by molar-refractivity contribution is -0.157. The Labute approximate surface area is 164 Å². The lowest BCUT2D eigenvalue weighted by Crippen LogP contribution is -2.38. The molecular weight excluding hydrogens is 387 g/mol. The molecule has 1 saturated heterocycles. The van der Waals surface area contributed by atoms with Crippen LogP contribution in [0.15, 0.2) is 47.4 Å². The maximum absolute atomic E-state index is 12.7. The van der Waals surface area contributed by atoms with Crippen LogP contribution < -0.4 is 0 Å². The van der Waals surface area contributed by atoms with Gasteiger partial charge in [0, 0.05) is 43.5 Å². The molecule has 1 fully saturated rings. The minimum Gasteiger partial charge on any atom is -0.417 e. The van der Waals surface area contributed by atoms with E-state index < -0.39 is 12.1 Å². The van der Waals surface area contributed by atoms with Crippen LogP contribution in [0.4, 0.5) is 13.2 Å². The Bertz CT molecular complexity index is 959. The fourth-order valence-electron chi connectivity index (χ4n) is 3.37. The van der Waals surface area contributed by atoms with Gasteiger partial charge in [0.15, 0.2) is 0 Å². The lowest BCUT2D eigenvalue weighted by atomic mass is 9.96. The molecule has 3 aromatic rings. The largest absolute Gasteiger partial charge is 0.470 e. The zero-order chi connectivity index (χ0) is 20.4. The fraction of sp³-hybridized carbons (Fsp3) is 0.368. The first kappa shape index (κ1) is 19.2. The number of carbonyl (C=O) groups is 1. The van der Waals surface area contributed by atoms with Gasteiger partial charge in [-0.05, 0) is 30.5 Å². The van der Waals surface area contributed by atoms with E-state index in [1.807, 2.05) is 22.9 Å². The van der Waals surface area contributed by atoms with Crippen molar-refractivity contribution >= 4 is 5.91 Å². The summed E-state index contributed by atoms with van der Waals surface area (Å²) < 4.78 is 44.5. The molecule has 152 valence electrons. The number of halogens is 3. The molecule has 1 aromatic carbocycles. The molecule has 7 nitrogen and oxygen atoms in total. The molecule has 0 spiro atoms. The van der Waals surface area contributed by atoms with E-state index >= 15 is 0 Å². The number of aromatic nitrogens is 4. The quantitative estimate of drug-likeness (QED) is 0.665. The molecule has 1 aliphatic rings. The SMILES string of the molecule is O=C(c1ccc(Cn2ccnc2)cc1)N1CCC(c2nnc(C(F)(F)F)o2)CC1. The third-order valence-corrected chi connectivity index (χ3v) is 4.94. The van der Waals surface area contributed by atoms with Crippen molar-refractivity contribution in [3.63, 3.8) is 0 Å². The minimum atomic E-state index is -4.65. The average molecular weight is 405 g/mol. The molecule has 0 atom stereocenters. The van der Waals surface area contributed by atoms with Crippen molar-refractivity contribution in [3.05, 3.63) is 65.9 Å². The molecule has 4 rings (SSSR count). The second-order valence-electron chi connectivity index (χ2n) is 6.94. The number of piperidine rings is 1. The average Bonchev–Trinajstić information content (AvgIpc) is 3.40. The van der Waals surface area contributed by atoms with Crippen molar-refractivity contribution in [3.8, 4) is 0 Å². The molecule has 3 heterocycles. The summed E-state index contributed by atoms with van der Waals surface area (Å²) in [6, 6.07) is 7.37. The first-order chi connectivity index (χ1) is 13.9. The van der Waals surface area contributed by atoms with E-state index in [4.69, 9.17) is 4.42 Å². The van der Waals surface area contributed by atoms with Crippen LogP contribution in [0, 0.1) is 0 Å². The number of nitrogens with zero attached hydrogens (tertiary/aromatic N) is 5. The smallest absolute Gasteiger partial charge is 0.417 e. The molecular formula is C19H18F3N5O2. The Balaban J connectivity index is 1.34. The highest BCUT2D eigenvalue weighted by Gasteiger charge is 2.39. The summed E-state index contributed by atoms with van der Waals surface area (Å²) in [5, 5.41) is 6.60. The summed E-state index contributed by atoms with van der Waals surface area (Å²) in [5.41, 5.74) is 1.63. The van der Waals surface area contributed by atoms with Gasteiger partial charge in [-0.25, -0.2) is 4.98 Å². The van der Waals surface area contributed by atoms with Crippen LogP contribution in [0.1, 0.15) is 46.5 Å². The third-order valence-electron chi connectivity index (χ3n) is 4.94. The fourth-order valence-corrected chi connectivity index (χ4v) is 3.37. The Morgan fingerprint density at radius 3 is 2.45 bits per heavy atom. The molecule has 1 amide bonds. The zero-order valence-corrected chi connectivity index (χ0v) is 15.3. The van der Waals surface area contributed by atoms with E-state index in [9.17, 15) is 18.0 Å². The van der Waals surface area contributed by atoms with Crippen molar-refractivity contribution in [2.45, 2.75) is 31.5 Å². The Morgan fingerprint density at radius 1 is 1.14 bits per heavy atom. The highest BCUT2D eigenvalue weighted by atomic mass is 19.4. The van der Waals surface area contributed by atoms with E-state index in [0.29, 0.717) is 38.0 Å². The summed E-state index contributed by atoms with van der Waals surface area (Å²) in [6.45, 7) is 1.51. The van der Waals surface area contributed by atoms with Gasteiger partial charge in [-0.2, -0.15) is 13.2 Å². The number of benzene rings is 1. The molecule has 0 aliphatic carbocycles. The molecule has 10 heteroatoms. The maximum atomic E-state index is 12.7. The van der Waals surface area contributed by atoms with Crippen molar-refractivity contribution in [2.75, 3.05) is 13.1 Å². The molecule has 29 heavy (non-hydrogen) atoms. The van der Waals surface area contributed by atoms with Crippen LogP contribution in [0.2, 0.25) is 0 Å². The Kier molecular flexibility index (Phi) is 5.08. The van der Waals surface area contributed by atoms with E-state index in [2.05, 4.69) is 15.2 Å². The van der Waals surface area contributed by atoms with Crippen LogP contribution in [0.25, 0.3) is 0 Å². The number of alkyl halides is 3. The number of imidazole rings is 1. The molecule has 0 saturated carbocycles. The topological polar surface area (TPSA) is 77.1 Å². The third kappa shape index (κ3) is 4.30. The van der Waals surface area contributed by atoms with Crippen molar-refractivity contribution in [2.24, 2.45) is 0 Å². The van der Waals surface area contributed by atoms with Gasteiger partial charge in [-0.1, -0.05) is 12.1 Å². The number of amides is 1. The second-order valence-corrected chi connectivity index (χ2v) is 6.94. The molecule has 2 aromatic heterocycles. The van der Waals surface area contributed by atoms with Gasteiger partial charge in [0.25, 0.3) is 5.91 Å². The van der Waals surface area contributed by atoms with E-state index in [1.165, 1.54) is 0 Å². The first-order valence-corrected chi connectivity index (χ1v) is 9.15. The monoisotopic (exact) mass is 405 g/mol. The molecule has 0 radical (unpaired) electrons. The normalized spacial score (nSPS) is 15.6. The maximum Gasteiger partial charge on any atom is 0.470 e. The second kappa shape index (κ2) is 7.69. The predicted octanol–water partition coefficient (Wildman–Crippen LogP) is 3.35. The molecule has 0 bridgehead atoms. The zero-order valence-electron chi connectivity index (χ0n) is 15.3. The van der Waals surface area contributed by atoms with Crippen LogP contribution in [-0.2, 0) is 12.7 Å². The summed E-state index contributed by atoms with van der Waals surface area (Å²) in [7, 11) is 0. The number of hydrogen-bond acceptors (Lipinski definition) is 5. The van der Waals surface area contributed by atoms with Crippen LogP contribution in [0.5, 0.6) is 0 Å². The molecule has 0 N–H and O–H groups in total. The molecule has 0 unspecified atom stereocenters. The highest BCUT2D eigenvalue weighted by Crippen LogP contribution is 2.32. The number of rotatable bonds is 4.